The van der Waals surface area contributed by atoms with Gasteiger partial charge >= 0.3 is 0 Å². The summed E-state index contributed by atoms with van der Waals surface area (Å²) in [6.07, 6.45) is 11.5. The molecule has 1 rings (SSSR count). The molecule has 0 bridgehead atoms. The second kappa shape index (κ2) is 10.2. The molecule has 1 aliphatic heterocycles. The fourth-order valence-electron chi connectivity index (χ4n) is 2.67. The summed E-state index contributed by atoms with van der Waals surface area (Å²) >= 11 is 0. The van der Waals surface area contributed by atoms with Gasteiger partial charge in [-0.3, -0.25) is 4.79 Å². The van der Waals surface area contributed by atoms with Crippen molar-refractivity contribution < 1.29 is 4.79 Å². The molecule has 0 aromatic rings. The second-order valence-corrected chi connectivity index (χ2v) is 5.93. The zero-order valence-corrected chi connectivity index (χ0v) is 12.9. The minimum atomic E-state index is 0.289. The number of rotatable bonds is 9. The van der Waals surface area contributed by atoms with Gasteiger partial charge in [-0.25, -0.2) is 0 Å². The lowest BCUT2D eigenvalue weighted by atomic mass is 10.1. The highest BCUT2D eigenvalue weighted by molar-refractivity contribution is 5.78. The lowest BCUT2D eigenvalue weighted by molar-refractivity contribution is -0.131. The standard InChI is InChI=1S/C16H32N2O/c1-3-4-5-6-8-11-15(2)17-14-16(19)18-12-9-7-10-13-18/h15,17H,3-14H2,1-2H3. The summed E-state index contributed by atoms with van der Waals surface area (Å²) in [4.78, 5) is 14.0. The Hall–Kier alpha value is -0.570. The van der Waals surface area contributed by atoms with E-state index < -0.39 is 0 Å². The Bertz CT molecular complexity index is 237. The van der Waals surface area contributed by atoms with Gasteiger partial charge in [-0.05, 0) is 32.6 Å². The molecule has 0 aliphatic carbocycles. The van der Waals surface area contributed by atoms with Crippen molar-refractivity contribution in [3.8, 4) is 0 Å². The first-order valence-electron chi connectivity index (χ1n) is 8.25. The van der Waals surface area contributed by atoms with Crippen molar-refractivity contribution in [2.75, 3.05) is 19.6 Å². The Labute approximate surface area is 119 Å². The van der Waals surface area contributed by atoms with Gasteiger partial charge in [-0.15, -0.1) is 0 Å². The van der Waals surface area contributed by atoms with Crippen LogP contribution in [0.5, 0.6) is 0 Å². The van der Waals surface area contributed by atoms with E-state index in [0.717, 1.165) is 13.1 Å². The quantitative estimate of drug-likeness (QED) is 0.651. The van der Waals surface area contributed by atoms with Crippen molar-refractivity contribution in [2.45, 2.75) is 77.7 Å². The van der Waals surface area contributed by atoms with Crippen molar-refractivity contribution in [1.82, 2.24) is 10.2 Å². The maximum absolute atomic E-state index is 12.0. The van der Waals surface area contributed by atoms with Crippen LogP contribution in [0.2, 0.25) is 0 Å². The number of hydrogen-bond donors (Lipinski definition) is 1. The molecule has 1 heterocycles. The van der Waals surface area contributed by atoms with Crippen molar-refractivity contribution in [2.24, 2.45) is 0 Å². The van der Waals surface area contributed by atoms with Crippen LogP contribution in [0.3, 0.4) is 0 Å². The second-order valence-electron chi connectivity index (χ2n) is 5.93. The minimum Gasteiger partial charge on any atom is -0.342 e. The van der Waals surface area contributed by atoms with Crippen molar-refractivity contribution in [1.29, 1.82) is 0 Å². The summed E-state index contributed by atoms with van der Waals surface area (Å²) in [5.41, 5.74) is 0. The number of carbonyl (C=O) groups is 1. The van der Waals surface area contributed by atoms with E-state index in [0.29, 0.717) is 12.6 Å². The van der Waals surface area contributed by atoms with E-state index in [-0.39, 0.29) is 5.91 Å². The van der Waals surface area contributed by atoms with Crippen LogP contribution in [0.15, 0.2) is 0 Å². The highest BCUT2D eigenvalue weighted by Gasteiger charge is 2.16. The van der Waals surface area contributed by atoms with Crippen LogP contribution in [0, 0.1) is 0 Å². The average molecular weight is 268 g/mol. The van der Waals surface area contributed by atoms with E-state index >= 15 is 0 Å². The van der Waals surface area contributed by atoms with Crippen molar-refractivity contribution in [3.05, 3.63) is 0 Å². The van der Waals surface area contributed by atoms with Gasteiger partial charge in [0.25, 0.3) is 0 Å². The number of nitrogens with one attached hydrogen (secondary N) is 1. The molecule has 19 heavy (non-hydrogen) atoms. The summed E-state index contributed by atoms with van der Waals surface area (Å²) in [6.45, 7) is 6.90. The molecule has 1 N–H and O–H groups in total. The van der Waals surface area contributed by atoms with Crippen LogP contribution in [-0.4, -0.2) is 36.5 Å². The lowest BCUT2D eigenvalue weighted by Crippen LogP contribution is -2.43. The molecule has 0 radical (unpaired) electrons. The number of nitrogens with zero attached hydrogens (tertiary/aromatic N) is 1. The zero-order valence-electron chi connectivity index (χ0n) is 12.9. The summed E-state index contributed by atoms with van der Waals surface area (Å²) in [7, 11) is 0. The van der Waals surface area contributed by atoms with Crippen molar-refractivity contribution >= 4 is 5.91 Å². The van der Waals surface area contributed by atoms with Crippen molar-refractivity contribution in [3.63, 3.8) is 0 Å². The largest absolute Gasteiger partial charge is 0.342 e. The number of hydrogen-bond acceptors (Lipinski definition) is 2. The molecule has 0 saturated carbocycles. The number of carbonyl (C=O) groups excluding carboxylic acids is 1. The predicted octanol–water partition coefficient (Wildman–Crippen LogP) is 3.34. The van der Waals surface area contributed by atoms with Gasteiger partial charge in [0.2, 0.25) is 5.91 Å². The highest BCUT2D eigenvalue weighted by atomic mass is 16.2. The van der Waals surface area contributed by atoms with Gasteiger partial charge in [-0.2, -0.15) is 0 Å². The van der Waals surface area contributed by atoms with Gasteiger partial charge < -0.3 is 10.2 Å². The van der Waals surface area contributed by atoms with Crippen LogP contribution >= 0.6 is 0 Å². The Balaban J connectivity index is 2.02. The Morgan fingerprint density at radius 2 is 1.79 bits per heavy atom. The summed E-state index contributed by atoms with van der Waals surface area (Å²) < 4.78 is 0. The molecular weight excluding hydrogens is 236 g/mol. The molecule has 1 saturated heterocycles. The van der Waals surface area contributed by atoms with Crippen LogP contribution in [-0.2, 0) is 4.79 Å². The summed E-state index contributed by atoms with van der Waals surface area (Å²) in [5, 5.41) is 3.38. The topological polar surface area (TPSA) is 32.3 Å². The van der Waals surface area contributed by atoms with Gasteiger partial charge in [0, 0.05) is 19.1 Å². The molecule has 3 heteroatoms. The molecule has 1 fully saturated rings. The normalized spacial score (nSPS) is 17.5. The van der Waals surface area contributed by atoms with Crippen LogP contribution in [0.25, 0.3) is 0 Å². The van der Waals surface area contributed by atoms with E-state index in [9.17, 15) is 4.79 Å². The zero-order chi connectivity index (χ0) is 13.9. The molecular formula is C16H32N2O. The van der Waals surface area contributed by atoms with Gasteiger partial charge in [0.15, 0.2) is 0 Å². The maximum atomic E-state index is 12.0. The third-order valence-corrected chi connectivity index (χ3v) is 4.05. The summed E-state index contributed by atoms with van der Waals surface area (Å²) in [5.74, 6) is 0.289. The first-order valence-corrected chi connectivity index (χ1v) is 8.25. The molecule has 1 atom stereocenters. The van der Waals surface area contributed by atoms with Crippen LogP contribution in [0.1, 0.15) is 71.6 Å². The average Bonchev–Trinajstić information content (AvgIpc) is 2.45. The third kappa shape index (κ3) is 7.56. The number of likely N-dealkylation sites (tertiary alicyclic amines) is 1. The minimum absolute atomic E-state index is 0.289. The Kier molecular flexibility index (Phi) is 8.89. The molecule has 0 aromatic heterocycles. The first-order chi connectivity index (χ1) is 9.24. The van der Waals surface area contributed by atoms with Gasteiger partial charge in [0.05, 0.1) is 6.54 Å². The SMILES string of the molecule is CCCCCCCC(C)NCC(=O)N1CCCCC1. The van der Waals surface area contributed by atoms with E-state index in [2.05, 4.69) is 19.2 Å². The monoisotopic (exact) mass is 268 g/mol. The molecule has 1 amide bonds. The highest BCUT2D eigenvalue weighted by Crippen LogP contribution is 2.09. The van der Waals surface area contributed by atoms with E-state index in [1.54, 1.807) is 0 Å². The van der Waals surface area contributed by atoms with E-state index in [1.807, 2.05) is 4.90 Å². The molecule has 1 unspecified atom stereocenters. The molecule has 112 valence electrons. The smallest absolute Gasteiger partial charge is 0.236 e. The third-order valence-electron chi connectivity index (χ3n) is 4.05. The van der Waals surface area contributed by atoms with Gasteiger partial charge in [-0.1, -0.05) is 39.0 Å². The molecule has 0 spiro atoms. The number of amides is 1. The van der Waals surface area contributed by atoms with Gasteiger partial charge in [0.1, 0.15) is 0 Å². The molecule has 0 aromatic carbocycles. The Morgan fingerprint density at radius 1 is 1.11 bits per heavy atom. The number of unbranched alkanes of at least 4 members (excludes halogenated alkanes) is 4. The van der Waals surface area contributed by atoms with E-state index in [4.69, 9.17) is 0 Å². The van der Waals surface area contributed by atoms with Crippen LogP contribution in [0.4, 0.5) is 0 Å². The molecule has 1 aliphatic rings. The first kappa shape index (κ1) is 16.5. The van der Waals surface area contributed by atoms with Crippen LogP contribution < -0.4 is 5.32 Å². The number of piperidine rings is 1. The predicted molar refractivity (Wildman–Crippen MR) is 81.3 cm³/mol. The lowest BCUT2D eigenvalue weighted by Gasteiger charge is -2.27. The fraction of sp³-hybridized carbons (Fsp3) is 0.938. The Morgan fingerprint density at radius 3 is 2.47 bits per heavy atom. The summed E-state index contributed by atoms with van der Waals surface area (Å²) in [6, 6.07) is 0.468. The maximum Gasteiger partial charge on any atom is 0.236 e. The molecule has 3 nitrogen and oxygen atoms in total. The fourth-order valence-corrected chi connectivity index (χ4v) is 2.67. The van der Waals surface area contributed by atoms with E-state index in [1.165, 1.54) is 57.8 Å².